The molecule has 0 bridgehead atoms. The lowest BCUT2D eigenvalue weighted by atomic mass is 10.7. The van der Waals surface area contributed by atoms with Gasteiger partial charge in [0.25, 0.3) is 0 Å². The van der Waals surface area contributed by atoms with Gasteiger partial charge in [0, 0.05) is 12.4 Å². The van der Waals surface area contributed by atoms with Gasteiger partial charge in [-0.2, -0.15) is 0 Å². The molecule has 0 spiro atoms. The zero-order valence-electron chi connectivity index (χ0n) is 4.48. The summed E-state index contributed by atoms with van der Waals surface area (Å²) in [4.78, 5) is 12.9. The molecule has 44 valence electrons. The summed E-state index contributed by atoms with van der Waals surface area (Å²) in [5.41, 5.74) is 2.48. The number of fused-ring (bicyclic) bond motifs is 1. The molecule has 9 heavy (non-hydrogen) atoms. The van der Waals surface area contributed by atoms with Crippen molar-refractivity contribution in [2.75, 3.05) is 0 Å². The highest BCUT2D eigenvalue weighted by Crippen LogP contribution is 2.09. The third-order valence-electron chi connectivity index (χ3n) is 0.986. The normalized spacial score (nSPS) is 10.2. The monoisotopic (exact) mass is 137 g/mol. The Bertz CT molecular complexity index is 286. The first-order valence-corrected chi connectivity index (χ1v) is 3.35. The molecule has 0 atom stereocenters. The number of hydrogen-bond donors (Lipinski definition) is 0. The van der Waals surface area contributed by atoms with Crippen molar-refractivity contribution in [3.8, 4) is 0 Å². The molecule has 0 N–H and O–H groups in total. The average molecular weight is 137 g/mol. The Morgan fingerprint density at radius 1 is 1.11 bits per heavy atom. The second-order valence-corrected chi connectivity index (χ2v) is 2.37. The van der Waals surface area contributed by atoms with Crippen molar-refractivity contribution in [1.82, 2.24) is 15.0 Å². The molecule has 3 nitrogen and oxygen atoms in total. The van der Waals surface area contributed by atoms with Gasteiger partial charge >= 0.3 is 0 Å². The van der Waals surface area contributed by atoms with Crippen LogP contribution in [-0.4, -0.2) is 15.0 Å². The number of aromatic nitrogens is 3. The van der Waals surface area contributed by atoms with Crippen LogP contribution in [0.25, 0.3) is 10.5 Å². The van der Waals surface area contributed by atoms with Gasteiger partial charge in [0.1, 0.15) is 0 Å². The van der Waals surface area contributed by atoms with Gasteiger partial charge in [-0.3, -0.25) is 0 Å². The van der Waals surface area contributed by atoms with Crippen LogP contribution >= 0.6 is 11.3 Å². The number of hydrogen-bond acceptors (Lipinski definition) is 4. The minimum absolute atomic E-state index is 0.738. The highest BCUT2D eigenvalue weighted by Gasteiger charge is 1.93. The summed E-state index contributed by atoms with van der Waals surface area (Å²) in [5, 5.41) is 0. The molecular weight excluding hydrogens is 134 g/mol. The Labute approximate surface area is 55.4 Å². The molecule has 0 fully saturated rings. The average Bonchev–Trinajstić information content (AvgIpc) is 2.33. The Balaban J connectivity index is 2.95. The lowest BCUT2D eigenvalue weighted by Gasteiger charge is -1.79. The zero-order valence-corrected chi connectivity index (χ0v) is 5.30. The van der Waals surface area contributed by atoms with Crippen LogP contribution in [0.4, 0.5) is 0 Å². The van der Waals surface area contributed by atoms with Crippen LogP contribution in [0, 0.1) is 0 Å². The van der Waals surface area contributed by atoms with E-state index in [1.54, 1.807) is 17.9 Å². The number of nitrogens with zero attached hydrogens (tertiary/aromatic N) is 3. The van der Waals surface area contributed by atoms with E-state index in [2.05, 4.69) is 15.0 Å². The van der Waals surface area contributed by atoms with Crippen molar-refractivity contribution in [2.24, 2.45) is 0 Å². The van der Waals surface area contributed by atoms with Crippen molar-refractivity contribution in [3.63, 3.8) is 0 Å². The van der Waals surface area contributed by atoms with Crippen LogP contribution in [0.15, 0.2) is 17.9 Å². The molecule has 0 saturated heterocycles. The lowest BCUT2D eigenvalue weighted by Crippen LogP contribution is -1.75. The van der Waals surface area contributed by atoms with Crippen molar-refractivity contribution in [2.45, 2.75) is 0 Å². The van der Waals surface area contributed by atoms with E-state index in [-0.39, 0.29) is 0 Å². The van der Waals surface area contributed by atoms with Crippen LogP contribution in [0.1, 0.15) is 0 Å². The predicted molar refractivity (Wildman–Crippen MR) is 35.2 cm³/mol. The molecule has 2 heterocycles. The Morgan fingerprint density at radius 2 is 2.00 bits per heavy atom. The van der Waals surface area contributed by atoms with Crippen LogP contribution < -0.4 is 0 Å². The van der Waals surface area contributed by atoms with Crippen LogP contribution in [0.5, 0.6) is 0 Å². The Morgan fingerprint density at radius 3 is 2.89 bits per heavy atom. The molecule has 0 saturated carbocycles. The molecular formula is C5H3N3S. The molecule has 2 aromatic heterocycles. The summed E-state index contributed by atoms with van der Waals surface area (Å²) in [6, 6.07) is 0. The lowest BCUT2D eigenvalue weighted by molar-refractivity contribution is 1.26. The van der Waals surface area contributed by atoms with Crippen molar-refractivity contribution >= 4 is 21.8 Å². The number of thiazole rings is 1. The Hall–Kier alpha value is -1.03. The first-order chi connectivity index (χ1) is 4.47. The molecule has 0 aliphatic carbocycles. The molecule has 0 radical (unpaired) electrons. The van der Waals surface area contributed by atoms with Crippen molar-refractivity contribution in [3.05, 3.63) is 17.9 Å². The maximum absolute atomic E-state index is 4.03. The number of rotatable bonds is 0. The molecule has 0 unspecified atom stereocenters. The van der Waals surface area contributed by atoms with E-state index in [0.717, 1.165) is 10.5 Å². The summed E-state index contributed by atoms with van der Waals surface area (Å²) in [6.45, 7) is 0. The summed E-state index contributed by atoms with van der Waals surface area (Å²) >= 11 is 1.50. The maximum atomic E-state index is 4.03. The first kappa shape index (κ1) is 4.81. The molecule has 0 aliphatic heterocycles. The Kier molecular flexibility index (Phi) is 0.927. The summed E-state index contributed by atoms with van der Waals surface area (Å²) in [7, 11) is 0. The fourth-order valence-corrected chi connectivity index (χ4v) is 1.20. The zero-order chi connectivity index (χ0) is 6.10. The molecule has 0 aromatic carbocycles. The molecule has 2 aromatic rings. The van der Waals surface area contributed by atoms with E-state index < -0.39 is 0 Å². The summed E-state index contributed by atoms with van der Waals surface area (Å²) in [6.07, 6.45) is 3.31. The second kappa shape index (κ2) is 1.73. The van der Waals surface area contributed by atoms with Gasteiger partial charge in [-0.15, -0.1) is 11.3 Å². The topological polar surface area (TPSA) is 38.7 Å². The van der Waals surface area contributed by atoms with E-state index in [9.17, 15) is 0 Å². The van der Waals surface area contributed by atoms with Crippen LogP contribution in [0.2, 0.25) is 0 Å². The first-order valence-electron chi connectivity index (χ1n) is 2.47. The summed E-state index contributed by atoms with van der Waals surface area (Å²) in [5.74, 6) is 0. The smallest absolute Gasteiger partial charge is 0.189 e. The van der Waals surface area contributed by atoms with Gasteiger partial charge in [-0.25, -0.2) is 15.0 Å². The quantitative estimate of drug-likeness (QED) is 0.545. The highest BCUT2D eigenvalue weighted by molar-refractivity contribution is 7.16. The SMILES string of the molecule is c1cnc2scnc2n1. The fraction of sp³-hybridized carbons (Fsp3) is 0. The minimum Gasteiger partial charge on any atom is -0.240 e. The van der Waals surface area contributed by atoms with Crippen molar-refractivity contribution < 1.29 is 0 Å². The van der Waals surface area contributed by atoms with Gasteiger partial charge in [0.2, 0.25) is 0 Å². The van der Waals surface area contributed by atoms with E-state index in [1.807, 2.05) is 0 Å². The highest BCUT2D eigenvalue weighted by atomic mass is 32.1. The molecule has 0 aliphatic rings. The fourth-order valence-electron chi connectivity index (χ4n) is 0.616. The molecule has 0 amide bonds. The molecule has 4 heteroatoms. The third-order valence-corrected chi connectivity index (χ3v) is 1.71. The summed E-state index contributed by atoms with van der Waals surface area (Å²) < 4.78 is 0. The van der Waals surface area contributed by atoms with Gasteiger partial charge in [-0.05, 0) is 0 Å². The standard InChI is InChI=1S/C5H3N3S/c1-2-7-5-4(6-1)8-3-9-5/h1-3H. The van der Waals surface area contributed by atoms with Gasteiger partial charge in [-0.1, -0.05) is 0 Å². The predicted octanol–water partition coefficient (Wildman–Crippen LogP) is 1.09. The minimum atomic E-state index is 0.738. The van der Waals surface area contributed by atoms with Crippen LogP contribution in [0.3, 0.4) is 0 Å². The van der Waals surface area contributed by atoms with Gasteiger partial charge < -0.3 is 0 Å². The largest absolute Gasteiger partial charge is 0.240 e. The van der Waals surface area contributed by atoms with E-state index in [0.29, 0.717) is 0 Å². The third kappa shape index (κ3) is 0.675. The van der Waals surface area contributed by atoms with Crippen molar-refractivity contribution in [1.29, 1.82) is 0 Å². The maximum Gasteiger partial charge on any atom is 0.189 e. The van der Waals surface area contributed by atoms with E-state index in [4.69, 9.17) is 0 Å². The van der Waals surface area contributed by atoms with Gasteiger partial charge in [0.05, 0.1) is 5.51 Å². The van der Waals surface area contributed by atoms with Gasteiger partial charge in [0.15, 0.2) is 10.5 Å². The van der Waals surface area contributed by atoms with E-state index >= 15 is 0 Å². The van der Waals surface area contributed by atoms with E-state index in [1.165, 1.54) is 11.3 Å². The molecule has 2 rings (SSSR count). The second-order valence-electron chi connectivity index (χ2n) is 1.54. The van der Waals surface area contributed by atoms with Crippen LogP contribution in [-0.2, 0) is 0 Å².